The number of benzene rings is 1. The molecule has 0 saturated heterocycles. The molecule has 4 heteroatoms. The summed E-state index contributed by atoms with van der Waals surface area (Å²) in [7, 11) is 0. The number of imidazole rings is 1. The minimum Gasteiger partial charge on any atom is -0.313 e. The topological polar surface area (TPSA) is 30.7 Å². The third-order valence-corrected chi connectivity index (χ3v) is 3.57. The monoisotopic (exact) mass is 271 g/mol. The Labute approximate surface area is 116 Å². The van der Waals surface area contributed by atoms with Crippen LogP contribution < -0.4 is 0 Å². The summed E-state index contributed by atoms with van der Waals surface area (Å²) in [5, 5.41) is 0.783. The second-order valence-corrected chi connectivity index (χ2v) is 4.79. The zero-order valence-corrected chi connectivity index (χ0v) is 11.4. The van der Waals surface area contributed by atoms with Crippen molar-refractivity contribution >= 4 is 22.8 Å². The van der Waals surface area contributed by atoms with Crippen molar-refractivity contribution in [2.45, 2.75) is 19.9 Å². The van der Waals surface area contributed by atoms with Gasteiger partial charge >= 0.3 is 0 Å². The second-order valence-electron chi connectivity index (χ2n) is 4.39. The highest BCUT2D eigenvalue weighted by Crippen LogP contribution is 2.21. The van der Waals surface area contributed by atoms with Gasteiger partial charge in [-0.25, -0.2) is 9.97 Å². The van der Waals surface area contributed by atoms with Crippen molar-refractivity contribution < 1.29 is 0 Å². The van der Waals surface area contributed by atoms with E-state index >= 15 is 0 Å². The molecule has 19 heavy (non-hydrogen) atoms. The van der Waals surface area contributed by atoms with Crippen LogP contribution in [0.4, 0.5) is 0 Å². The number of nitrogens with zero attached hydrogens (tertiary/aromatic N) is 3. The molecule has 0 amide bonds. The molecule has 3 nitrogen and oxygen atoms in total. The third kappa shape index (κ3) is 2.22. The summed E-state index contributed by atoms with van der Waals surface area (Å²) in [4.78, 5) is 9.07. The lowest BCUT2D eigenvalue weighted by atomic mass is 10.1. The van der Waals surface area contributed by atoms with Gasteiger partial charge in [-0.15, -0.1) is 0 Å². The predicted octanol–water partition coefficient (Wildman–Crippen LogP) is 3.70. The normalized spacial score (nSPS) is 11.1. The lowest BCUT2D eigenvalue weighted by Crippen LogP contribution is -2.03. The van der Waals surface area contributed by atoms with Gasteiger partial charge in [0, 0.05) is 24.2 Å². The first-order chi connectivity index (χ1) is 9.29. The van der Waals surface area contributed by atoms with Crippen molar-refractivity contribution in [2.75, 3.05) is 0 Å². The molecule has 96 valence electrons. The van der Waals surface area contributed by atoms with Crippen molar-refractivity contribution in [1.82, 2.24) is 14.5 Å². The molecule has 0 aliphatic heterocycles. The van der Waals surface area contributed by atoms with E-state index in [1.54, 1.807) is 6.20 Å². The van der Waals surface area contributed by atoms with Crippen LogP contribution in [0.25, 0.3) is 11.2 Å². The number of aromatic nitrogens is 3. The first-order valence-electron chi connectivity index (χ1n) is 6.33. The van der Waals surface area contributed by atoms with E-state index in [1.165, 1.54) is 0 Å². The fourth-order valence-corrected chi connectivity index (χ4v) is 2.49. The zero-order valence-electron chi connectivity index (χ0n) is 10.7. The van der Waals surface area contributed by atoms with Gasteiger partial charge in [0.1, 0.15) is 11.3 Å². The SMILES string of the molecule is CCn1c(Cc2ccccc2Cl)nc2cccnc21. The Hall–Kier alpha value is -1.87. The van der Waals surface area contributed by atoms with Crippen LogP contribution in [0.1, 0.15) is 18.3 Å². The molecule has 0 spiro atoms. The molecule has 0 fully saturated rings. The molecule has 0 bridgehead atoms. The summed E-state index contributed by atoms with van der Waals surface area (Å²) in [6.07, 6.45) is 2.53. The molecular weight excluding hydrogens is 258 g/mol. The molecule has 0 N–H and O–H groups in total. The first-order valence-corrected chi connectivity index (χ1v) is 6.71. The van der Waals surface area contributed by atoms with E-state index < -0.39 is 0 Å². The maximum atomic E-state index is 6.22. The van der Waals surface area contributed by atoms with Crippen LogP contribution in [-0.2, 0) is 13.0 Å². The zero-order chi connectivity index (χ0) is 13.2. The summed E-state index contributed by atoms with van der Waals surface area (Å²) < 4.78 is 2.14. The fraction of sp³-hybridized carbons (Fsp3) is 0.200. The molecule has 0 radical (unpaired) electrons. The van der Waals surface area contributed by atoms with E-state index in [9.17, 15) is 0 Å². The van der Waals surface area contributed by atoms with E-state index in [4.69, 9.17) is 11.6 Å². The molecule has 3 rings (SSSR count). The number of hydrogen-bond acceptors (Lipinski definition) is 2. The molecule has 3 aromatic rings. The smallest absolute Gasteiger partial charge is 0.159 e. The molecule has 0 aliphatic carbocycles. The molecule has 1 aromatic carbocycles. The summed E-state index contributed by atoms with van der Waals surface area (Å²) in [6, 6.07) is 11.8. The molecule has 0 saturated carbocycles. The van der Waals surface area contributed by atoms with Crippen molar-refractivity contribution in [3.63, 3.8) is 0 Å². The van der Waals surface area contributed by atoms with Gasteiger partial charge in [-0.3, -0.25) is 0 Å². The number of pyridine rings is 1. The Morgan fingerprint density at radius 1 is 1.16 bits per heavy atom. The highest BCUT2D eigenvalue weighted by Gasteiger charge is 2.11. The summed E-state index contributed by atoms with van der Waals surface area (Å²) in [5.41, 5.74) is 2.97. The standard InChI is InChI=1S/C15H14ClN3/c1-2-19-14(10-11-6-3-4-7-12(11)16)18-13-8-5-9-17-15(13)19/h3-9H,2,10H2,1H3. The Balaban J connectivity index is 2.08. The van der Waals surface area contributed by atoms with E-state index in [1.807, 2.05) is 36.4 Å². The molecular formula is C15H14ClN3. The number of rotatable bonds is 3. The van der Waals surface area contributed by atoms with Crippen molar-refractivity contribution in [3.8, 4) is 0 Å². The third-order valence-electron chi connectivity index (χ3n) is 3.21. The average molecular weight is 272 g/mol. The van der Waals surface area contributed by atoms with Gasteiger partial charge in [0.25, 0.3) is 0 Å². The Morgan fingerprint density at radius 2 is 2.00 bits per heavy atom. The van der Waals surface area contributed by atoms with Crippen LogP contribution in [0, 0.1) is 0 Å². The molecule has 2 heterocycles. The Bertz CT molecular complexity index is 718. The van der Waals surface area contributed by atoms with Crippen LogP contribution in [0.3, 0.4) is 0 Å². The predicted molar refractivity (Wildman–Crippen MR) is 77.5 cm³/mol. The first kappa shape index (κ1) is 12.2. The highest BCUT2D eigenvalue weighted by atomic mass is 35.5. The second kappa shape index (κ2) is 5.02. The Morgan fingerprint density at radius 3 is 2.79 bits per heavy atom. The van der Waals surface area contributed by atoms with Crippen LogP contribution in [0.2, 0.25) is 5.02 Å². The average Bonchev–Trinajstić information content (AvgIpc) is 2.78. The van der Waals surface area contributed by atoms with E-state index in [2.05, 4.69) is 21.5 Å². The largest absolute Gasteiger partial charge is 0.313 e. The molecule has 2 aromatic heterocycles. The van der Waals surface area contributed by atoms with E-state index in [0.717, 1.165) is 40.5 Å². The van der Waals surface area contributed by atoms with Crippen molar-refractivity contribution in [1.29, 1.82) is 0 Å². The number of fused-ring (bicyclic) bond motifs is 1. The van der Waals surface area contributed by atoms with Gasteiger partial charge < -0.3 is 4.57 Å². The summed E-state index contributed by atoms with van der Waals surface area (Å²) in [5.74, 6) is 1.00. The van der Waals surface area contributed by atoms with Gasteiger partial charge in [0.05, 0.1) is 0 Å². The quantitative estimate of drug-likeness (QED) is 0.727. The van der Waals surface area contributed by atoms with Crippen LogP contribution in [-0.4, -0.2) is 14.5 Å². The number of halogens is 1. The fourth-order valence-electron chi connectivity index (χ4n) is 2.28. The Kier molecular flexibility index (Phi) is 3.22. The highest BCUT2D eigenvalue weighted by molar-refractivity contribution is 6.31. The maximum Gasteiger partial charge on any atom is 0.159 e. The van der Waals surface area contributed by atoms with Gasteiger partial charge in [-0.2, -0.15) is 0 Å². The maximum absolute atomic E-state index is 6.22. The summed E-state index contributed by atoms with van der Waals surface area (Å²) >= 11 is 6.22. The lowest BCUT2D eigenvalue weighted by molar-refractivity contribution is 0.727. The van der Waals surface area contributed by atoms with Gasteiger partial charge in [0.15, 0.2) is 5.65 Å². The van der Waals surface area contributed by atoms with Crippen LogP contribution >= 0.6 is 11.6 Å². The van der Waals surface area contributed by atoms with Crippen molar-refractivity contribution in [3.05, 3.63) is 59.0 Å². The minimum absolute atomic E-state index is 0.726. The summed E-state index contributed by atoms with van der Waals surface area (Å²) in [6.45, 7) is 2.96. The lowest BCUT2D eigenvalue weighted by Gasteiger charge is -2.06. The van der Waals surface area contributed by atoms with E-state index in [-0.39, 0.29) is 0 Å². The van der Waals surface area contributed by atoms with Gasteiger partial charge in [-0.05, 0) is 30.7 Å². The molecule has 0 atom stereocenters. The van der Waals surface area contributed by atoms with Gasteiger partial charge in [0.2, 0.25) is 0 Å². The van der Waals surface area contributed by atoms with Gasteiger partial charge in [-0.1, -0.05) is 29.8 Å². The number of hydrogen-bond donors (Lipinski definition) is 0. The van der Waals surface area contributed by atoms with E-state index in [0.29, 0.717) is 0 Å². The van der Waals surface area contributed by atoms with Crippen LogP contribution in [0.15, 0.2) is 42.6 Å². The van der Waals surface area contributed by atoms with Crippen molar-refractivity contribution in [2.24, 2.45) is 0 Å². The minimum atomic E-state index is 0.726. The van der Waals surface area contributed by atoms with Crippen LogP contribution in [0.5, 0.6) is 0 Å². The number of aryl methyl sites for hydroxylation is 1. The molecule has 0 unspecified atom stereocenters. The molecule has 0 aliphatic rings.